The van der Waals surface area contributed by atoms with Crippen LogP contribution in [0.1, 0.15) is 71.6 Å². The van der Waals surface area contributed by atoms with E-state index in [4.69, 9.17) is 4.74 Å². The molecule has 128 valence electrons. The number of hydrogen-bond donors (Lipinski definition) is 1. The maximum atomic E-state index is 12.8. The average molecular weight is 320 g/mol. The van der Waals surface area contributed by atoms with E-state index in [9.17, 15) is 9.59 Å². The molecule has 23 heavy (non-hydrogen) atoms. The lowest BCUT2D eigenvalue weighted by molar-refractivity contribution is 0.0514. The first-order valence-electron chi connectivity index (χ1n) is 8.52. The number of carbonyl (C=O) groups is 2. The van der Waals surface area contributed by atoms with Gasteiger partial charge in [-0.25, -0.2) is 4.79 Å². The number of esters is 1. The lowest BCUT2D eigenvalue weighted by Crippen LogP contribution is -2.41. The molecule has 1 amide bonds. The summed E-state index contributed by atoms with van der Waals surface area (Å²) in [5, 5.41) is 3.17. The van der Waals surface area contributed by atoms with Gasteiger partial charge in [0.05, 0.1) is 12.2 Å². The van der Waals surface area contributed by atoms with Crippen LogP contribution in [0.25, 0.3) is 0 Å². The highest BCUT2D eigenvalue weighted by molar-refractivity contribution is 6.01. The Kier molecular flexibility index (Phi) is 5.50. The van der Waals surface area contributed by atoms with Crippen molar-refractivity contribution in [3.63, 3.8) is 0 Å². The van der Waals surface area contributed by atoms with Crippen molar-refractivity contribution >= 4 is 11.9 Å². The first-order valence-corrected chi connectivity index (χ1v) is 8.52. The molecule has 5 nitrogen and oxygen atoms in total. The lowest BCUT2D eigenvalue weighted by Gasteiger charge is -2.29. The number of nitrogens with one attached hydrogen (secondary N) is 1. The Hall–Kier alpha value is -1.78. The van der Waals surface area contributed by atoms with E-state index >= 15 is 0 Å². The van der Waals surface area contributed by atoms with Crippen molar-refractivity contribution in [2.75, 3.05) is 6.61 Å². The number of carbonyl (C=O) groups excluding carboxylic acids is 2. The zero-order valence-corrected chi connectivity index (χ0v) is 14.9. The Balaban J connectivity index is 2.26. The molecule has 1 saturated carbocycles. The highest BCUT2D eigenvalue weighted by Gasteiger charge is 2.28. The van der Waals surface area contributed by atoms with Crippen molar-refractivity contribution in [2.45, 2.75) is 59.4 Å². The third-order valence-corrected chi connectivity index (χ3v) is 5.05. The predicted octanol–water partition coefficient (Wildman–Crippen LogP) is 3.13. The maximum Gasteiger partial charge on any atom is 0.355 e. The van der Waals surface area contributed by atoms with E-state index in [0.29, 0.717) is 29.3 Å². The van der Waals surface area contributed by atoms with Crippen LogP contribution in [0.3, 0.4) is 0 Å². The standard InChI is InChI=1S/C18H28N2O3/c1-6-23-18(22)16-12(3)15(13(4)20(16)5)17(21)19-14-10-8-7-9-11(14)2/h11,14H,6-10H2,1-5H3,(H,19,21)/t11-,14+/m0/s1. The SMILES string of the molecule is CCOC(=O)c1c(C)c(C(=O)N[C@@H]2CCCC[C@@H]2C)c(C)n1C. The topological polar surface area (TPSA) is 60.3 Å². The molecule has 0 unspecified atom stereocenters. The summed E-state index contributed by atoms with van der Waals surface area (Å²) in [6.45, 7) is 7.98. The Morgan fingerprint density at radius 3 is 2.52 bits per heavy atom. The van der Waals surface area contributed by atoms with Crippen LogP contribution in [0.2, 0.25) is 0 Å². The number of hydrogen-bond acceptors (Lipinski definition) is 3. The molecule has 0 radical (unpaired) electrons. The van der Waals surface area contributed by atoms with Crippen LogP contribution in [0, 0.1) is 19.8 Å². The third-order valence-electron chi connectivity index (χ3n) is 5.05. The van der Waals surface area contributed by atoms with Gasteiger partial charge in [0.2, 0.25) is 0 Å². The van der Waals surface area contributed by atoms with Gasteiger partial charge in [-0.15, -0.1) is 0 Å². The van der Waals surface area contributed by atoms with Gasteiger partial charge in [-0.3, -0.25) is 4.79 Å². The fourth-order valence-electron chi connectivity index (χ4n) is 3.57. The summed E-state index contributed by atoms with van der Waals surface area (Å²) in [6.07, 6.45) is 4.59. The second-order valence-corrected chi connectivity index (χ2v) is 6.56. The van der Waals surface area contributed by atoms with Gasteiger partial charge in [0.15, 0.2) is 0 Å². The van der Waals surface area contributed by atoms with Crippen molar-refractivity contribution in [2.24, 2.45) is 13.0 Å². The predicted molar refractivity (Wildman–Crippen MR) is 89.7 cm³/mol. The van der Waals surface area contributed by atoms with Gasteiger partial charge < -0.3 is 14.6 Å². The first kappa shape index (κ1) is 17.6. The third kappa shape index (κ3) is 3.43. The van der Waals surface area contributed by atoms with Gasteiger partial charge in [0, 0.05) is 18.8 Å². The molecular formula is C18H28N2O3. The van der Waals surface area contributed by atoms with Crippen molar-refractivity contribution in [1.29, 1.82) is 0 Å². The van der Waals surface area contributed by atoms with Crippen LogP contribution in [0.5, 0.6) is 0 Å². The fraction of sp³-hybridized carbons (Fsp3) is 0.667. The van der Waals surface area contributed by atoms with Crippen LogP contribution in [-0.2, 0) is 11.8 Å². The van der Waals surface area contributed by atoms with Crippen LogP contribution >= 0.6 is 0 Å². The van der Waals surface area contributed by atoms with Gasteiger partial charge in [-0.05, 0) is 45.1 Å². The number of aromatic nitrogens is 1. The van der Waals surface area contributed by atoms with E-state index in [1.54, 1.807) is 18.5 Å². The molecule has 2 rings (SSSR count). The molecule has 1 aliphatic carbocycles. The van der Waals surface area contributed by atoms with Gasteiger partial charge in [-0.2, -0.15) is 0 Å². The summed E-state index contributed by atoms with van der Waals surface area (Å²) < 4.78 is 6.87. The van der Waals surface area contributed by atoms with Crippen LogP contribution in [0.4, 0.5) is 0 Å². The number of rotatable bonds is 4. The molecule has 0 saturated heterocycles. The second kappa shape index (κ2) is 7.20. The van der Waals surface area contributed by atoms with Crippen LogP contribution in [0.15, 0.2) is 0 Å². The Morgan fingerprint density at radius 2 is 1.91 bits per heavy atom. The molecule has 1 fully saturated rings. The summed E-state index contributed by atoms with van der Waals surface area (Å²) in [5.74, 6) is 0.0483. The van der Waals surface area contributed by atoms with E-state index in [1.165, 1.54) is 6.42 Å². The summed E-state index contributed by atoms with van der Waals surface area (Å²) in [4.78, 5) is 24.9. The highest BCUT2D eigenvalue weighted by atomic mass is 16.5. The minimum Gasteiger partial charge on any atom is -0.461 e. The Morgan fingerprint density at radius 1 is 1.26 bits per heavy atom. The van der Waals surface area contributed by atoms with E-state index in [1.807, 2.05) is 13.8 Å². The smallest absolute Gasteiger partial charge is 0.355 e. The van der Waals surface area contributed by atoms with Crippen molar-refractivity contribution < 1.29 is 14.3 Å². The van der Waals surface area contributed by atoms with Gasteiger partial charge in [-0.1, -0.05) is 19.8 Å². The van der Waals surface area contributed by atoms with Crippen molar-refractivity contribution in [1.82, 2.24) is 9.88 Å². The minimum atomic E-state index is -0.374. The van der Waals surface area contributed by atoms with Crippen molar-refractivity contribution in [3.8, 4) is 0 Å². The van der Waals surface area contributed by atoms with Crippen LogP contribution in [-0.4, -0.2) is 29.1 Å². The number of nitrogens with zero attached hydrogens (tertiary/aromatic N) is 1. The van der Waals surface area contributed by atoms with E-state index < -0.39 is 0 Å². The fourth-order valence-corrected chi connectivity index (χ4v) is 3.57. The zero-order valence-electron chi connectivity index (χ0n) is 14.9. The molecule has 1 N–H and O–H groups in total. The molecule has 1 aromatic heterocycles. The Labute approximate surface area is 138 Å². The minimum absolute atomic E-state index is 0.0788. The molecule has 0 aliphatic heterocycles. The van der Waals surface area contributed by atoms with Gasteiger partial charge in [0.1, 0.15) is 5.69 Å². The molecule has 0 aromatic carbocycles. The lowest BCUT2D eigenvalue weighted by atomic mass is 9.86. The average Bonchev–Trinajstić information content (AvgIpc) is 2.72. The summed E-state index contributed by atoms with van der Waals surface area (Å²) in [7, 11) is 1.80. The highest BCUT2D eigenvalue weighted by Crippen LogP contribution is 2.26. The monoisotopic (exact) mass is 320 g/mol. The van der Waals surface area contributed by atoms with E-state index in [0.717, 1.165) is 25.0 Å². The van der Waals surface area contributed by atoms with Crippen molar-refractivity contribution in [3.05, 3.63) is 22.5 Å². The number of ether oxygens (including phenoxy) is 1. The summed E-state index contributed by atoms with van der Waals surface area (Å²) >= 11 is 0. The molecule has 0 spiro atoms. The zero-order chi connectivity index (χ0) is 17.1. The van der Waals surface area contributed by atoms with E-state index in [2.05, 4.69) is 12.2 Å². The molecule has 2 atom stereocenters. The van der Waals surface area contributed by atoms with Gasteiger partial charge in [0.25, 0.3) is 5.91 Å². The molecule has 0 bridgehead atoms. The van der Waals surface area contributed by atoms with Gasteiger partial charge >= 0.3 is 5.97 Å². The van der Waals surface area contributed by atoms with E-state index in [-0.39, 0.29) is 17.9 Å². The molecule has 1 heterocycles. The summed E-state index contributed by atoms with van der Waals surface area (Å²) in [6, 6.07) is 0.223. The Bertz CT molecular complexity index is 604. The normalized spacial score (nSPS) is 21.1. The maximum absolute atomic E-state index is 12.8. The molecular weight excluding hydrogens is 292 g/mol. The molecule has 5 heteroatoms. The quantitative estimate of drug-likeness (QED) is 0.867. The first-order chi connectivity index (χ1) is 10.9. The summed E-state index contributed by atoms with van der Waals surface area (Å²) in [5.41, 5.74) is 2.57. The largest absolute Gasteiger partial charge is 0.461 e. The molecule has 1 aliphatic rings. The molecule has 1 aromatic rings. The second-order valence-electron chi connectivity index (χ2n) is 6.56. The van der Waals surface area contributed by atoms with Crippen LogP contribution < -0.4 is 5.32 Å². The number of amides is 1.